The Hall–Kier alpha value is -0.490. The minimum atomic E-state index is -1.41. The van der Waals surface area contributed by atoms with Gasteiger partial charge in [0, 0.05) is 0 Å². The van der Waals surface area contributed by atoms with Crippen molar-refractivity contribution in [2.75, 3.05) is 0 Å². The highest BCUT2D eigenvalue weighted by Gasteiger charge is 2.26. The van der Waals surface area contributed by atoms with Crippen molar-refractivity contribution in [3.63, 3.8) is 0 Å². The number of hydrogen-bond acceptors (Lipinski definition) is 5. The highest BCUT2D eigenvalue weighted by molar-refractivity contribution is 5.58. The van der Waals surface area contributed by atoms with Gasteiger partial charge in [-0.25, -0.2) is 0 Å². The number of aldehydes is 1. The number of rotatable bonds is 4. The number of aliphatic hydroxyl groups is 3. The van der Waals surface area contributed by atoms with E-state index in [1.807, 2.05) is 0 Å². The molecule has 0 rings (SSSR count). The number of hydrogen-bond donors (Lipinski definition) is 4. The molecule has 0 aromatic heterocycles. The SMILES string of the molecule is C[C@H](O)[C@@H](O)[C@@H](O)[C@H](N)C=O. The maximum Gasteiger partial charge on any atom is 0.139 e. The maximum absolute atomic E-state index is 10.00. The van der Waals surface area contributed by atoms with E-state index in [9.17, 15) is 4.79 Å². The van der Waals surface area contributed by atoms with E-state index >= 15 is 0 Å². The normalized spacial score (nSPS) is 21.9. The fourth-order valence-electron chi connectivity index (χ4n) is 0.594. The molecule has 0 aliphatic rings. The van der Waals surface area contributed by atoms with Crippen LogP contribution in [0.15, 0.2) is 0 Å². The largest absolute Gasteiger partial charge is 0.391 e. The van der Waals surface area contributed by atoms with E-state index in [4.69, 9.17) is 21.1 Å². The molecule has 0 aliphatic carbocycles. The summed E-state index contributed by atoms with van der Waals surface area (Å²) in [6, 6.07) is -1.15. The van der Waals surface area contributed by atoms with Crippen LogP contribution in [0, 0.1) is 0 Å². The predicted molar refractivity (Wildman–Crippen MR) is 37.7 cm³/mol. The van der Waals surface area contributed by atoms with Gasteiger partial charge in [0.15, 0.2) is 0 Å². The molecule has 0 radical (unpaired) electrons. The lowest BCUT2D eigenvalue weighted by atomic mass is 10.0. The van der Waals surface area contributed by atoms with Crippen LogP contribution in [-0.2, 0) is 4.79 Å². The fraction of sp³-hybridized carbons (Fsp3) is 0.833. The summed E-state index contributed by atoms with van der Waals surface area (Å²) in [7, 11) is 0. The van der Waals surface area contributed by atoms with E-state index in [0.717, 1.165) is 0 Å². The van der Waals surface area contributed by atoms with Crippen LogP contribution in [0.1, 0.15) is 6.92 Å². The third-order valence-electron chi connectivity index (χ3n) is 1.40. The summed E-state index contributed by atoms with van der Waals surface area (Å²) in [5.41, 5.74) is 5.07. The van der Waals surface area contributed by atoms with Gasteiger partial charge >= 0.3 is 0 Å². The highest BCUT2D eigenvalue weighted by atomic mass is 16.4. The van der Waals surface area contributed by atoms with Crippen molar-refractivity contribution in [1.29, 1.82) is 0 Å². The minimum Gasteiger partial charge on any atom is -0.391 e. The molecule has 0 spiro atoms. The molecule has 0 fully saturated rings. The van der Waals surface area contributed by atoms with E-state index in [0.29, 0.717) is 6.29 Å². The van der Waals surface area contributed by atoms with Crippen molar-refractivity contribution in [2.24, 2.45) is 5.73 Å². The van der Waals surface area contributed by atoms with Crippen molar-refractivity contribution in [1.82, 2.24) is 0 Å². The Morgan fingerprint density at radius 3 is 2.00 bits per heavy atom. The van der Waals surface area contributed by atoms with Crippen LogP contribution in [-0.4, -0.2) is 46.0 Å². The van der Waals surface area contributed by atoms with Crippen molar-refractivity contribution < 1.29 is 20.1 Å². The van der Waals surface area contributed by atoms with E-state index in [2.05, 4.69) is 0 Å². The molecule has 0 bridgehead atoms. The van der Waals surface area contributed by atoms with E-state index in [-0.39, 0.29) is 0 Å². The van der Waals surface area contributed by atoms with Gasteiger partial charge in [-0.15, -0.1) is 0 Å². The molecule has 11 heavy (non-hydrogen) atoms. The average molecular weight is 163 g/mol. The summed E-state index contributed by atoms with van der Waals surface area (Å²) in [6.07, 6.45) is -3.57. The predicted octanol–water partition coefficient (Wildman–Crippen LogP) is -2.38. The molecule has 66 valence electrons. The third-order valence-corrected chi connectivity index (χ3v) is 1.40. The van der Waals surface area contributed by atoms with Crippen LogP contribution in [0.5, 0.6) is 0 Å². The molecule has 0 aromatic carbocycles. The molecular weight excluding hydrogens is 150 g/mol. The van der Waals surface area contributed by atoms with Gasteiger partial charge in [0.25, 0.3) is 0 Å². The van der Waals surface area contributed by atoms with Crippen molar-refractivity contribution in [3.8, 4) is 0 Å². The van der Waals surface area contributed by atoms with Gasteiger partial charge in [-0.1, -0.05) is 0 Å². The Bertz CT molecular complexity index is 128. The van der Waals surface area contributed by atoms with Gasteiger partial charge in [0.1, 0.15) is 18.5 Å². The number of carbonyl (C=O) groups is 1. The van der Waals surface area contributed by atoms with E-state index in [1.54, 1.807) is 0 Å². The van der Waals surface area contributed by atoms with Crippen molar-refractivity contribution >= 4 is 6.29 Å². The number of nitrogens with two attached hydrogens (primary N) is 1. The summed E-state index contributed by atoms with van der Waals surface area (Å²) in [4.78, 5) is 10.00. The first-order chi connectivity index (χ1) is 5.00. The van der Waals surface area contributed by atoms with E-state index < -0.39 is 24.4 Å². The lowest BCUT2D eigenvalue weighted by Crippen LogP contribution is -2.48. The molecule has 0 amide bonds. The lowest BCUT2D eigenvalue weighted by Gasteiger charge is -2.21. The Balaban J connectivity index is 4.00. The Morgan fingerprint density at radius 2 is 1.73 bits per heavy atom. The van der Waals surface area contributed by atoms with Gasteiger partial charge in [0.2, 0.25) is 0 Å². The first-order valence-electron chi connectivity index (χ1n) is 3.25. The maximum atomic E-state index is 10.00. The van der Waals surface area contributed by atoms with Gasteiger partial charge in [-0.2, -0.15) is 0 Å². The van der Waals surface area contributed by atoms with Crippen LogP contribution in [0.3, 0.4) is 0 Å². The Kier molecular flexibility index (Phi) is 4.20. The van der Waals surface area contributed by atoms with Crippen molar-refractivity contribution in [3.05, 3.63) is 0 Å². The second-order valence-electron chi connectivity index (χ2n) is 2.44. The highest BCUT2D eigenvalue weighted by Crippen LogP contribution is 2.01. The number of carbonyl (C=O) groups excluding carboxylic acids is 1. The molecule has 0 aromatic rings. The van der Waals surface area contributed by atoms with Gasteiger partial charge in [-0.3, -0.25) is 0 Å². The fourth-order valence-corrected chi connectivity index (χ4v) is 0.594. The Morgan fingerprint density at radius 1 is 1.27 bits per heavy atom. The van der Waals surface area contributed by atoms with Gasteiger partial charge in [0.05, 0.1) is 12.1 Å². The third kappa shape index (κ3) is 2.94. The van der Waals surface area contributed by atoms with E-state index in [1.165, 1.54) is 6.92 Å². The zero-order valence-corrected chi connectivity index (χ0v) is 6.21. The smallest absolute Gasteiger partial charge is 0.139 e. The average Bonchev–Trinajstić information content (AvgIpc) is 2.00. The molecule has 5 heteroatoms. The Labute approximate surface area is 64.4 Å². The summed E-state index contributed by atoms with van der Waals surface area (Å²) in [6.45, 7) is 1.30. The topological polar surface area (TPSA) is 104 Å². The number of aliphatic hydroxyl groups excluding tert-OH is 3. The lowest BCUT2D eigenvalue weighted by molar-refractivity contribution is -0.115. The second-order valence-corrected chi connectivity index (χ2v) is 2.44. The first-order valence-corrected chi connectivity index (χ1v) is 3.25. The monoisotopic (exact) mass is 163 g/mol. The summed E-state index contributed by atoms with van der Waals surface area (Å²) in [5, 5.41) is 26.7. The van der Waals surface area contributed by atoms with Gasteiger partial charge < -0.3 is 25.8 Å². The van der Waals surface area contributed by atoms with Crippen LogP contribution >= 0.6 is 0 Å². The minimum absolute atomic E-state index is 0.316. The molecule has 4 atom stereocenters. The quantitative estimate of drug-likeness (QED) is 0.346. The molecule has 0 unspecified atom stereocenters. The molecule has 0 heterocycles. The zero-order valence-electron chi connectivity index (χ0n) is 6.21. The molecule has 0 saturated carbocycles. The van der Waals surface area contributed by atoms with Crippen LogP contribution < -0.4 is 5.73 Å². The van der Waals surface area contributed by atoms with Crippen molar-refractivity contribution in [2.45, 2.75) is 31.3 Å². The molecule has 0 saturated heterocycles. The molecule has 5 N–H and O–H groups in total. The summed E-state index contributed by atoms with van der Waals surface area (Å²) in [5.74, 6) is 0. The zero-order chi connectivity index (χ0) is 9.02. The summed E-state index contributed by atoms with van der Waals surface area (Å²) >= 11 is 0. The second kappa shape index (κ2) is 4.40. The van der Waals surface area contributed by atoms with Crippen LogP contribution in [0.4, 0.5) is 0 Å². The van der Waals surface area contributed by atoms with Crippen LogP contribution in [0.25, 0.3) is 0 Å². The molecular formula is C6H13NO4. The summed E-state index contributed by atoms with van der Waals surface area (Å²) < 4.78 is 0. The van der Waals surface area contributed by atoms with Crippen LogP contribution in [0.2, 0.25) is 0 Å². The molecule has 0 aliphatic heterocycles. The standard InChI is InChI=1S/C6H13NO4/c1-3(9)5(10)6(11)4(7)2-8/h2-6,9-11H,7H2,1H3/t3-,4+,5+,6-/m0/s1. The first kappa shape index (κ1) is 10.5. The van der Waals surface area contributed by atoms with Gasteiger partial charge in [-0.05, 0) is 6.92 Å². The molecule has 5 nitrogen and oxygen atoms in total.